The molecule has 0 aliphatic rings. The number of thioether (sulfide) groups is 1. The molecular weight excluding hydrogens is 442 g/mol. The van der Waals surface area contributed by atoms with E-state index in [1.165, 1.54) is 11.8 Å². The second kappa shape index (κ2) is 10.9. The molecule has 0 fully saturated rings. The van der Waals surface area contributed by atoms with Gasteiger partial charge in [-0.15, -0.1) is 10.2 Å². The molecule has 0 aliphatic heterocycles. The van der Waals surface area contributed by atoms with E-state index >= 15 is 0 Å². The molecule has 3 aromatic rings. The highest BCUT2D eigenvalue weighted by Gasteiger charge is 2.22. The zero-order valence-electron chi connectivity index (χ0n) is 17.0. The van der Waals surface area contributed by atoms with Gasteiger partial charge in [-0.1, -0.05) is 23.4 Å². The number of furan rings is 1. The van der Waals surface area contributed by atoms with Gasteiger partial charge in [-0.3, -0.25) is 14.7 Å². The monoisotopic (exact) mass is 463 g/mol. The topological polar surface area (TPSA) is 111 Å². The van der Waals surface area contributed by atoms with Crippen LogP contribution in [-0.4, -0.2) is 38.5 Å². The highest BCUT2D eigenvalue weighted by atomic mass is 35.5. The summed E-state index contributed by atoms with van der Waals surface area (Å²) in [5.74, 6) is 1.47. The van der Waals surface area contributed by atoms with Crippen LogP contribution in [-0.2, 0) is 17.9 Å². The van der Waals surface area contributed by atoms with Crippen LogP contribution in [0, 0.1) is 0 Å². The first kappa shape index (κ1) is 22.7. The van der Waals surface area contributed by atoms with Crippen LogP contribution >= 0.6 is 23.4 Å². The summed E-state index contributed by atoms with van der Waals surface area (Å²) in [5.41, 5.74) is 0. The summed E-state index contributed by atoms with van der Waals surface area (Å²) in [7, 11) is 0. The lowest BCUT2D eigenvalue weighted by molar-refractivity contribution is -0.119. The second-order valence-electron chi connectivity index (χ2n) is 6.42. The molecule has 0 saturated carbocycles. The third-order valence-electron chi connectivity index (χ3n) is 4.09. The molecule has 3 amide bonds. The number of carbonyl (C=O) groups excluding carboxylic acids is 2. The van der Waals surface area contributed by atoms with Crippen molar-refractivity contribution in [1.82, 2.24) is 25.4 Å². The third kappa shape index (κ3) is 6.50. The van der Waals surface area contributed by atoms with Gasteiger partial charge in [0.15, 0.2) is 11.0 Å². The molecular formula is C20H22ClN5O4S. The van der Waals surface area contributed by atoms with E-state index in [9.17, 15) is 9.59 Å². The van der Waals surface area contributed by atoms with Crippen molar-refractivity contribution in [3.05, 3.63) is 59.3 Å². The SMILES string of the molecule is CCNC(=O)NC(=O)[C@@H](C)Sc1nnc(COc2ccc(Cl)cc2)n1Cc1ccco1. The molecule has 0 saturated heterocycles. The van der Waals surface area contributed by atoms with E-state index < -0.39 is 17.2 Å². The summed E-state index contributed by atoms with van der Waals surface area (Å²) in [6, 6.07) is 10.1. The maximum Gasteiger partial charge on any atom is 0.321 e. The van der Waals surface area contributed by atoms with Gasteiger partial charge in [0.05, 0.1) is 18.1 Å². The molecule has 3 rings (SSSR count). The molecule has 2 heterocycles. The van der Waals surface area contributed by atoms with E-state index in [4.69, 9.17) is 20.8 Å². The number of amides is 3. The fourth-order valence-corrected chi connectivity index (χ4v) is 3.53. The van der Waals surface area contributed by atoms with E-state index in [-0.39, 0.29) is 6.61 Å². The first-order chi connectivity index (χ1) is 15.0. The number of aromatic nitrogens is 3. The fraction of sp³-hybridized carbons (Fsp3) is 0.300. The van der Waals surface area contributed by atoms with Crippen LogP contribution in [0.15, 0.2) is 52.2 Å². The third-order valence-corrected chi connectivity index (χ3v) is 5.43. The van der Waals surface area contributed by atoms with Crippen LogP contribution in [0.2, 0.25) is 5.02 Å². The number of carbonyl (C=O) groups is 2. The molecule has 0 aliphatic carbocycles. The standard InChI is InChI=1S/C20H22ClN5O4S/c1-3-22-19(28)23-18(27)13(2)31-20-25-24-17(26(20)11-16-5-4-10-29-16)12-30-15-8-6-14(21)7-9-15/h4-10,13H,3,11-12H2,1-2H3,(H2,22,23,27,28)/t13-/m1/s1. The lowest BCUT2D eigenvalue weighted by Crippen LogP contribution is -2.42. The van der Waals surface area contributed by atoms with Crippen LogP contribution < -0.4 is 15.4 Å². The van der Waals surface area contributed by atoms with Crippen LogP contribution in [0.5, 0.6) is 5.75 Å². The predicted molar refractivity (Wildman–Crippen MR) is 116 cm³/mol. The normalized spacial score (nSPS) is 11.7. The van der Waals surface area contributed by atoms with Crippen molar-refractivity contribution in [3.8, 4) is 5.75 Å². The average Bonchev–Trinajstić information content (AvgIpc) is 3.39. The Morgan fingerprint density at radius 3 is 2.71 bits per heavy atom. The average molecular weight is 464 g/mol. The van der Waals surface area contributed by atoms with Crippen molar-refractivity contribution >= 4 is 35.3 Å². The zero-order chi connectivity index (χ0) is 22.2. The number of urea groups is 1. The molecule has 1 aromatic carbocycles. The number of benzene rings is 1. The molecule has 2 N–H and O–H groups in total. The molecule has 1 atom stereocenters. The van der Waals surface area contributed by atoms with Gasteiger partial charge in [0.1, 0.15) is 18.1 Å². The molecule has 2 aromatic heterocycles. The van der Waals surface area contributed by atoms with Crippen LogP contribution in [0.25, 0.3) is 0 Å². The molecule has 0 bridgehead atoms. The number of hydrogen-bond donors (Lipinski definition) is 2. The van der Waals surface area contributed by atoms with E-state index in [1.54, 1.807) is 50.4 Å². The van der Waals surface area contributed by atoms with Crippen molar-refractivity contribution in [2.45, 2.75) is 37.4 Å². The van der Waals surface area contributed by atoms with E-state index in [2.05, 4.69) is 20.8 Å². The van der Waals surface area contributed by atoms with Gasteiger partial charge >= 0.3 is 6.03 Å². The maximum atomic E-state index is 12.3. The Hall–Kier alpha value is -2.98. The quantitative estimate of drug-likeness (QED) is 0.467. The molecule has 0 radical (unpaired) electrons. The Balaban J connectivity index is 1.73. The lowest BCUT2D eigenvalue weighted by Gasteiger charge is -2.13. The van der Waals surface area contributed by atoms with Crippen molar-refractivity contribution < 1.29 is 18.7 Å². The van der Waals surface area contributed by atoms with E-state index in [0.29, 0.717) is 40.6 Å². The Morgan fingerprint density at radius 2 is 2.03 bits per heavy atom. The first-order valence-corrected chi connectivity index (χ1v) is 10.8. The minimum Gasteiger partial charge on any atom is -0.486 e. The fourth-order valence-electron chi connectivity index (χ4n) is 2.54. The molecule has 0 spiro atoms. The van der Waals surface area contributed by atoms with E-state index in [0.717, 1.165) is 0 Å². The molecule has 11 heteroatoms. The minimum absolute atomic E-state index is 0.162. The smallest absolute Gasteiger partial charge is 0.321 e. The number of hydrogen-bond acceptors (Lipinski definition) is 7. The lowest BCUT2D eigenvalue weighted by atomic mass is 10.3. The zero-order valence-corrected chi connectivity index (χ0v) is 18.6. The Kier molecular flexibility index (Phi) is 7.96. The van der Waals surface area contributed by atoms with Gasteiger partial charge < -0.3 is 14.5 Å². The van der Waals surface area contributed by atoms with Crippen LogP contribution in [0.4, 0.5) is 4.79 Å². The van der Waals surface area contributed by atoms with Crippen molar-refractivity contribution in [2.75, 3.05) is 6.54 Å². The molecule has 0 unspecified atom stereocenters. The van der Waals surface area contributed by atoms with Crippen molar-refractivity contribution in [3.63, 3.8) is 0 Å². The van der Waals surface area contributed by atoms with Gasteiger partial charge in [0.25, 0.3) is 0 Å². The van der Waals surface area contributed by atoms with Crippen LogP contribution in [0.3, 0.4) is 0 Å². The first-order valence-electron chi connectivity index (χ1n) is 9.54. The van der Waals surface area contributed by atoms with Crippen molar-refractivity contribution in [1.29, 1.82) is 0 Å². The van der Waals surface area contributed by atoms with Crippen molar-refractivity contribution in [2.24, 2.45) is 0 Å². The number of nitrogens with zero attached hydrogens (tertiary/aromatic N) is 3. The molecule has 9 nitrogen and oxygen atoms in total. The van der Waals surface area contributed by atoms with Gasteiger partial charge in [0, 0.05) is 11.6 Å². The summed E-state index contributed by atoms with van der Waals surface area (Å²) in [5, 5.41) is 13.8. The number of halogens is 1. The highest BCUT2D eigenvalue weighted by molar-refractivity contribution is 8.00. The Labute approximate surface area is 188 Å². The van der Waals surface area contributed by atoms with E-state index in [1.807, 2.05) is 10.6 Å². The maximum absolute atomic E-state index is 12.3. The van der Waals surface area contributed by atoms with Gasteiger partial charge in [-0.05, 0) is 50.2 Å². The summed E-state index contributed by atoms with van der Waals surface area (Å²) in [6.45, 7) is 4.42. The van der Waals surface area contributed by atoms with Gasteiger partial charge in [-0.25, -0.2) is 4.79 Å². The molecule has 164 valence electrons. The highest BCUT2D eigenvalue weighted by Crippen LogP contribution is 2.24. The minimum atomic E-state index is -0.577. The summed E-state index contributed by atoms with van der Waals surface area (Å²) in [4.78, 5) is 23.9. The number of nitrogens with one attached hydrogen (secondary N) is 2. The van der Waals surface area contributed by atoms with Gasteiger partial charge in [0.2, 0.25) is 5.91 Å². The predicted octanol–water partition coefficient (Wildman–Crippen LogP) is 3.48. The number of rotatable bonds is 9. The second-order valence-corrected chi connectivity index (χ2v) is 8.16. The summed E-state index contributed by atoms with van der Waals surface area (Å²) >= 11 is 7.09. The summed E-state index contributed by atoms with van der Waals surface area (Å²) < 4.78 is 13.1. The largest absolute Gasteiger partial charge is 0.486 e. The number of imide groups is 1. The van der Waals surface area contributed by atoms with Gasteiger partial charge in [-0.2, -0.15) is 0 Å². The van der Waals surface area contributed by atoms with Crippen LogP contribution in [0.1, 0.15) is 25.4 Å². The molecule has 31 heavy (non-hydrogen) atoms. The Bertz CT molecular complexity index is 1010. The summed E-state index contributed by atoms with van der Waals surface area (Å²) in [6.07, 6.45) is 1.58. The number of ether oxygens (including phenoxy) is 1. The Morgan fingerprint density at radius 1 is 1.26 bits per heavy atom.